The third kappa shape index (κ3) is 1.84. The molecule has 5 nitrogen and oxygen atoms in total. The Morgan fingerprint density at radius 2 is 2.12 bits per heavy atom. The number of hydrogen-bond donors (Lipinski definition) is 1. The molecule has 2 bridgehead atoms. The maximum absolute atomic E-state index is 5.95. The topological polar surface area (TPSA) is 58.3 Å². The van der Waals surface area contributed by atoms with Gasteiger partial charge in [-0.15, -0.1) is 0 Å². The summed E-state index contributed by atoms with van der Waals surface area (Å²) < 4.78 is 0. The van der Waals surface area contributed by atoms with Gasteiger partial charge in [-0.2, -0.15) is 0 Å². The normalized spacial score (nSPS) is 29.4. The lowest BCUT2D eigenvalue weighted by molar-refractivity contribution is 0.254. The molecule has 0 spiro atoms. The predicted molar refractivity (Wildman–Crippen MR) is 67.8 cm³/mol. The van der Waals surface area contributed by atoms with Crippen molar-refractivity contribution in [2.24, 2.45) is 0 Å². The summed E-state index contributed by atoms with van der Waals surface area (Å²) in [6, 6.07) is 1.39. The van der Waals surface area contributed by atoms with Crippen LogP contribution in [-0.2, 0) is 0 Å². The SMILES string of the molecule is CN1C2CCC1CN(c1ncncc1N)CC2. The molecular formula is C12H19N5. The largest absolute Gasteiger partial charge is 0.394 e. The predicted octanol–water partition coefficient (Wildman–Crippen LogP) is 0.732. The Bertz CT molecular complexity index is 408. The Morgan fingerprint density at radius 3 is 2.94 bits per heavy atom. The van der Waals surface area contributed by atoms with Gasteiger partial charge in [0.1, 0.15) is 6.33 Å². The summed E-state index contributed by atoms with van der Waals surface area (Å²) in [5.41, 5.74) is 6.64. The number of aromatic nitrogens is 2. The second-order valence-corrected chi connectivity index (χ2v) is 5.09. The average molecular weight is 233 g/mol. The van der Waals surface area contributed by atoms with Gasteiger partial charge in [-0.3, -0.25) is 4.90 Å². The van der Waals surface area contributed by atoms with Crippen LogP contribution in [0.4, 0.5) is 11.5 Å². The number of nitrogens with zero attached hydrogens (tertiary/aromatic N) is 4. The van der Waals surface area contributed by atoms with Crippen LogP contribution in [0, 0.1) is 0 Å². The zero-order valence-corrected chi connectivity index (χ0v) is 10.2. The number of fused-ring (bicyclic) bond motifs is 2. The number of nitrogen functional groups attached to an aromatic ring is 1. The Morgan fingerprint density at radius 1 is 1.29 bits per heavy atom. The summed E-state index contributed by atoms with van der Waals surface area (Å²) in [7, 11) is 2.25. The zero-order valence-electron chi connectivity index (χ0n) is 10.2. The molecule has 3 heterocycles. The first-order valence-corrected chi connectivity index (χ1v) is 6.28. The van der Waals surface area contributed by atoms with Crippen LogP contribution in [0.5, 0.6) is 0 Å². The molecule has 2 saturated heterocycles. The van der Waals surface area contributed by atoms with E-state index in [4.69, 9.17) is 5.73 Å². The summed E-state index contributed by atoms with van der Waals surface area (Å²) in [6.45, 7) is 2.08. The lowest BCUT2D eigenvalue weighted by Gasteiger charge is -2.27. The second-order valence-electron chi connectivity index (χ2n) is 5.09. The second kappa shape index (κ2) is 4.14. The highest BCUT2D eigenvalue weighted by Crippen LogP contribution is 2.31. The van der Waals surface area contributed by atoms with Gasteiger partial charge in [0, 0.05) is 25.2 Å². The van der Waals surface area contributed by atoms with Crippen LogP contribution in [0.3, 0.4) is 0 Å². The molecule has 2 aliphatic rings. The van der Waals surface area contributed by atoms with E-state index in [2.05, 4.69) is 26.8 Å². The third-order valence-electron chi connectivity index (χ3n) is 4.17. The van der Waals surface area contributed by atoms with Gasteiger partial charge < -0.3 is 10.6 Å². The fourth-order valence-corrected chi connectivity index (χ4v) is 3.10. The molecule has 1 aromatic rings. The van der Waals surface area contributed by atoms with E-state index in [0.29, 0.717) is 11.7 Å². The molecule has 0 saturated carbocycles. The highest BCUT2D eigenvalue weighted by atomic mass is 15.3. The first-order chi connectivity index (χ1) is 8.25. The molecule has 2 fully saturated rings. The maximum Gasteiger partial charge on any atom is 0.155 e. The number of likely N-dealkylation sites (N-methyl/N-ethyl adjacent to an activating group) is 1. The number of anilines is 2. The van der Waals surface area contributed by atoms with Crippen molar-refractivity contribution in [3.8, 4) is 0 Å². The Hall–Kier alpha value is -1.36. The smallest absolute Gasteiger partial charge is 0.155 e. The van der Waals surface area contributed by atoms with E-state index >= 15 is 0 Å². The minimum Gasteiger partial charge on any atom is -0.394 e. The summed E-state index contributed by atoms with van der Waals surface area (Å²) in [5.74, 6) is 0.904. The molecule has 0 amide bonds. The molecule has 17 heavy (non-hydrogen) atoms. The van der Waals surface area contributed by atoms with Crippen molar-refractivity contribution in [1.29, 1.82) is 0 Å². The van der Waals surface area contributed by atoms with Crippen LogP contribution in [0.15, 0.2) is 12.5 Å². The van der Waals surface area contributed by atoms with Gasteiger partial charge in [0.15, 0.2) is 5.82 Å². The van der Waals surface area contributed by atoms with Gasteiger partial charge >= 0.3 is 0 Å². The van der Waals surface area contributed by atoms with Crippen molar-refractivity contribution < 1.29 is 0 Å². The Kier molecular flexibility index (Phi) is 2.63. The van der Waals surface area contributed by atoms with Crippen LogP contribution in [-0.4, -0.2) is 47.1 Å². The quantitative estimate of drug-likeness (QED) is 0.775. The minimum atomic E-state index is 0.650. The summed E-state index contributed by atoms with van der Waals surface area (Å²) in [4.78, 5) is 13.1. The number of rotatable bonds is 1. The average Bonchev–Trinajstić information content (AvgIpc) is 2.55. The third-order valence-corrected chi connectivity index (χ3v) is 4.17. The zero-order chi connectivity index (χ0) is 11.8. The molecule has 5 heteroatoms. The highest BCUT2D eigenvalue weighted by Gasteiger charge is 2.35. The van der Waals surface area contributed by atoms with E-state index in [1.54, 1.807) is 12.5 Å². The standard InChI is InChI=1S/C12H19N5/c1-16-9-2-3-10(16)7-17(5-4-9)12-11(13)6-14-8-15-12/h6,8-10H,2-5,7,13H2,1H3. The van der Waals surface area contributed by atoms with E-state index < -0.39 is 0 Å². The highest BCUT2D eigenvalue weighted by molar-refractivity contribution is 5.61. The molecule has 0 aromatic carbocycles. The fourth-order valence-electron chi connectivity index (χ4n) is 3.10. The summed E-state index contributed by atoms with van der Waals surface area (Å²) in [5, 5.41) is 0. The van der Waals surface area contributed by atoms with Crippen molar-refractivity contribution >= 4 is 11.5 Å². The van der Waals surface area contributed by atoms with Gasteiger partial charge in [-0.1, -0.05) is 0 Å². The van der Waals surface area contributed by atoms with Crippen molar-refractivity contribution in [1.82, 2.24) is 14.9 Å². The van der Waals surface area contributed by atoms with E-state index in [-0.39, 0.29) is 0 Å². The van der Waals surface area contributed by atoms with Crippen molar-refractivity contribution in [2.75, 3.05) is 30.8 Å². The molecular weight excluding hydrogens is 214 g/mol. The van der Waals surface area contributed by atoms with Crippen LogP contribution in [0.1, 0.15) is 19.3 Å². The monoisotopic (exact) mass is 233 g/mol. The first kappa shape index (κ1) is 10.8. The fraction of sp³-hybridized carbons (Fsp3) is 0.667. The molecule has 2 atom stereocenters. The van der Waals surface area contributed by atoms with Crippen molar-refractivity contribution in [3.05, 3.63) is 12.5 Å². The molecule has 3 rings (SSSR count). The number of nitrogens with two attached hydrogens (primary N) is 1. The van der Waals surface area contributed by atoms with Crippen LogP contribution in [0.2, 0.25) is 0 Å². The number of hydrogen-bond acceptors (Lipinski definition) is 5. The van der Waals surface area contributed by atoms with Crippen LogP contribution < -0.4 is 10.6 Å². The van der Waals surface area contributed by atoms with Crippen molar-refractivity contribution in [2.45, 2.75) is 31.3 Å². The van der Waals surface area contributed by atoms with Gasteiger partial charge in [0.25, 0.3) is 0 Å². The van der Waals surface area contributed by atoms with E-state index in [1.807, 2.05) is 0 Å². The first-order valence-electron chi connectivity index (χ1n) is 6.28. The molecule has 0 radical (unpaired) electrons. The van der Waals surface area contributed by atoms with E-state index in [0.717, 1.165) is 24.9 Å². The molecule has 92 valence electrons. The summed E-state index contributed by atoms with van der Waals surface area (Å²) in [6.07, 6.45) is 7.11. The molecule has 2 aliphatic heterocycles. The molecule has 2 N–H and O–H groups in total. The van der Waals surface area contributed by atoms with E-state index in [1.165, 1.54) is 19.3 Å². The molecule has 0 aliphatic carbocycles. The van der Waals surface area contributed by atoms with Gasteiger partial charge in [-0.25, -0.2) is 9.97 Å². The van der Waals surface area contributed by atoms with Gasteiger partial charge in [-0.05, 0) is 26.3 Å². The lowest BCUT2D eigenvalue weighted by Crippen LogP contribution is -2.37. The van der Waals surface area contributed by atoms with Crippen LogP contribution in [0.25, 0.3) is 0 Å². The lowest BCUT2D eigenvalue weighted by atomic mass is 10.1. The molecule has 1 aromatic heterocycles. The summed E-state index contributed by atoms with van der Waals surface area (Å²) >= 11 is 0. The van der Waals surface area contributed by atoms with Crippen LogP contribution >= 0.6 is 0 Å². The maximum atomic E-state index is 5.95. The van der Waals surface area contributed by atoms with Crippen molar-refractivity contribution in [3.63, 3.8) is 0 Å². The Balaban J connectivity index is 1.84. The van der Waals surface area contributed by atoms with Gasteiger partial charge in [0.05, 0.1) is 11.9 Å². The Labute approximate surface area is 102 Å². The van der Waals surface area contributed by atoms with E-state index in [9.17, 15) is 0 Å². The van der Waals surface area contributed by atoms with Gasteiger partial charge in [0.2, 0.25) is 0 Å². The minimum absolute atomic E-state index is 0.650. The molecule has 2 unspecified atom stereocenters.